The van der Waals surface area contributed by atoms with Crippen LogP contribution in [0, 0.1) is 11.3 Å². The van der Waals surface area contributed by atoms with Gasteiger partial charge in [0.25, 0.3) is 5.91 Å². The Bertz CT molecular complexity index is 1440. The fourth-order valence-electron chi connectivity index (χ4n) is 5.17. The largest absolute Gasteiger partial charge is 0.274 e. The number of imide groups is 1. The Balaban J connectivity index is 1.55. The number of hydrogen-bond acceptors (Lipinski definition) is 5. The Morgan fingerprint density at radius 1 is 0.886 bits per heavy atom. The molecule has 35 heavy (non-hydrogen) atoms. The molecule has 3 aromatic rings. The average Bonchev–Trinajstić information content (AvgIpc) is 3.17. The summed E-state index contributed by atoms with van der Waals surface area (Å²) in [5.74, 6) is -0.992. The molecule has 1 heterocycles. The second kappa shape index (κ2) is 9.25. The van der Waals surface area contributed by atoms with E-state index in [-0.39, 0.29) is 17.4 Å². The molecule has 1 unspecified atom stereocenters. The van der Waals surface area contributed by atoms with Crippen LogP contribution in [0.25, 0.3) is 10.8 Å². The highest BCUT2D eigenvalue weighted by molar-refractivity contribution is 7.89. The lowest BCUT2D eigenvalue weighted by Gasteiger charge is -2.36. The van der Waals surface area contributed by atoms with Gasteiger partial charge in [0.1, 0.15) is 6.04 Å². The molecule has 1 atom stereocenters. The van der Waals surface area contributed by atoms with Crippen molar-refractivity contribution in [2.75, 3.05) is 4.90 Å². The number of nitrogens with zero attached hydrogens (tertiary/aromatic N) is 3. The van der Waals surface area contributed by atoms with Crippen LogP contribution in [0.4, 0.5) is 5.69 Å². The molecule has 3 aromatic carbocycles. The number of rotatable bonds is 5. The first-order chi connectivity index (χ1) is 16.9. The van der Waals surface area contributed by atoms with E-state index in [1.54, 1.807) is 30.3 Å². The van der Waals surface area contributed by atoms with Gasteiger partial charge in [0, 0.05) is 6.04 Å². The highest BCUT2D eigenvalue weighted by Gasteiger charge is 2.49. The molecule has 1 saturated heterocycles. The SMILES string of the molecule is N#Cc1ccc(N2C(=O)CC(N(C3CCCCC3)S(=O)(=O)c3ccc4ccccc4c3)C2=O)cc1. The van der Waals surface area contributed by atoms with Gasteiger partial charge in [-0.1, -0.05) is 49.6 Å². The fraction of sp³-hybridized carbons (Fsp3) is 0.296. The summed E-state index contributed by atoms with van der Waals surface area (Å²) in [5.41, 5.74) is 0.750. The maximum Gasteiger partial charge on any atom is 0.252 e. The number of benzene rings is 3. The number of sulfonamides is 1. The minimum absolute atomic E-state index is 0.124. The van der Waals surface area contributed by atoms with Gasteiger partial charge < -0.3 is 0 Å². The third-order valence-corrected chi connectivity index (χ3v) is 8.87. The van der Waals surface area contributed by atoms with Crippen molar-refractivity contribution in [3.63, 3.8) is 0 Å². The van der Waals surface area contributed by atoms with Gasteiger partial charge in [-0.25, -0.2) is 13.3 Å². The summed E-state index contributed by atoms with van der Waals surface area (Å²) in [6, 6.07) is 19.2. The summed E-state index contributed by atoms with van der Waals surface area (Å²) >= 11 is 0. The Hall–Kier alpha value is -3.54. The smallest absolute Gasteiger partial charge is 0.252 e. The number of carbonyl (C=O) groups excluding carboxylic acids is 2. The molecule has 8 heteroatoms. The second-order valence-corrected chi connectivity index (χ2v) is 10.9. The molecule has 1 aliphatic carbocycles. The maximum atomic E-state index is 14.0. The molecule has 0 aromatic heterocycles. The molecule has 5 rings (SSSR count). The Kier molecular flexibility index (Phi) is 6.13. The van der Waals surface area contributed by atoms with E-state index in [9.17, 15) is 18.0 Å². The Labute approximate surface area is 204 Å². The average molecular weight is 488 g/mol. The van der Waals surface area contributed by atoms with Crippen molar-refractivity contribution in [2.24, 2.45) is 0 Å². The third kappa shape index (κ3) is 4.22. The van der Waals surface area contributed by atoms with Crippen LogP contribution in [0.5, 0.6) is 0 Å². The predicted octanol–water partition coefficient (Wildman–Crippen LogP) is 4.37. The minimum Gasteiger partial charge on any atom is -0.274 e. The molecule has 2 amide bonds. The molecular weight excluding hydrogens is 462 g/mol. The van der Waals surface area contributed by atoms with Gasteiger partial charge in [-0.05, 0) is 60.0 Å². The summed E-state index contributed by atoms with van der Waals surface area (Å²) < 4.78 is 29.4. The minimum atomic E-state index is -4.06. The van der Waals surface area contributed by atoms with Gasteiger partial charge in [-0.15, -0.1) is 0 Å². The molecule has 2 fully saturated rings. The van der Waals surface area contributed by atoms with Crippen molar-refractivity contribution in [1.82, 2.24) is 4.31 Å². The molecular formula is C27H25N3O4S. The highest BCUT2D eigenvalue weighted by atomic mass is 32.2. The van der Waals surface area contributed by atoms with E-state index in [1.165, 1.54) is 16.4 Å². The molecule has 2 aliphatic rings. The molecule has 0 N–H and O–H groups in total. The summed E-state index contributed by atoms with van der Waals surface area (Å²) in [7, 11) is -4.06. The molecule has 0 radical (unpaired) electrons. The standard InChI is InChI=1S/C27H25N3O4S/c28-18-19-10-13-22(14-11-19)29-26(31)17-25(27(29)32)30(23-8-2-1-3-9-23)35(33,34)24-15-12-20-6-4-5-7-21(20)16-24/h4-7,10-16,23,25H,1-3,8-9,17H2. The van der Waals surface area contributed by atoms with Crippen LogP contribution in [0.1, 0.15) is 44.1 Å². The summed E-state index contributed by atoms with van der Waals surface area (Å²) in [4.78, 5) is 27.8. The first-order valence-electron chi connectivity index (χ1n) is 11.8. The molecule has 1 saturated carbocycles. The zero-order chi connectivity index (χ0) is 24.6. The quantitative estimate of drug-likeness (QED) is 0.498. The van der Waals surface area contributed by atoms with Gasteiger partial charge in [0.2, 0.25) is 15.9 Å². The molecule has 178 valence electrons. The van der Waals surface area contributed by atoms with Crippen molar-refractivity contribution in [2.45, 2.75) is 55.5 Å². The van der Waals surface area contributed by atoms with Crippen LogP contribution < -0.4 is 4.90 Å². The van der Waals surface area contributed by atoms with E-state index in [2.05, 4.69) is 0 Å². The van der Waals surface area contributed by atoms with Crippen LogP contribution in [0.2, 0.25) is 0 Å². The van der Waals surface area contributed by atoms with Crippen LogP contribution in [0.3, 0.4) is 0 Å². The van der Waals surface area contributed by atoms with Crippen molar-refractivity contribution in [3.05, 3.63) is 72.3 Å². The lowest BCUT2D eigenvalue weighted by atomic mass is 9.94. The second-order valence-electron chi connectivity index (χ2n) is 9.08. The zero-order valence-corrected chi connectivity index (χ0v) is 19.9. The fourth-order valence-corrected chi connectivity index (χ4v) is 7.04. The number of hydrogen-bond donors (Lipinski definition) is 0. The number of carbonyl (C=O) groups is 2. The normalized spacial score (nSPS) is 19.4. The summed E-state index contributed by atoms with van der Waals surface area (Å²) in [5, 5.41) is 10.8. The number of nitriles is 1. The Morgan fingerprint density at radius 3 is 2.26 bits per heavy atom. The van der Waals surface area contributed by atoms with Crippen molar-refractivity contribution in [1.29, 1.82) is 5.26 Å². The van der Waals surface area contributed by atoms with Crippen LogP contribution in [0.15, 0.2) is 71.6 Å². The molecule has 1 aliphatic heterocycles. The van der Waals surface area contributed by atoms with Crippen molar-refractivity contribution < 1.29 is 18.0 Å². The van der Waals surface area contributed by atoms with Gasteiger partial charge in [-0.3, -0.25) is 9.59 Å². The summed E-state index contributed by atoms with van der Waals surface area (Å²) in [6.45, 7) is 0. The highest BCUT2D eigenvalue weighted by Crippen LogP contribution is 2.35. The lowest BCUT2D eigenvalue weighted by Crippen LogP contribution is -2.51. The predicted molar refractivity (Wildman–Crippen MR) is 132 cm³/mol. The first-order valence-corrected chi connectivity index (χ1v) is 13.2. The monoisotopic (exact) mass is 487 g/mol. The van der Waals surface area contributed by atoms with Gasteiger partial charge in [0.15, 0.2) is 0 Å². The van der Waals surface area contributed by atoms with Gasteiger partial charge >= 0.3 is 0 Å². The van der Waals surface area contributed by atoms with E-state index >= 15 is 0 Å². The van der Waals surface area contributed by atoms with E-state index in [4.69, 9.17) is 5.26 Å². The number of anilines is 1. The van der Waals surface area contributed by atoms with E-state index in [1.807, 2.05) is 30.3 Å². The van der Waals surface area contributed by atoms with Crippen molar-refractivity contribution >= 4 is 38.3 Å². The number of amides is 2. The van der Waals surface area contributed by atoms with Gasteiger partial charge in [0.05, 0.1) is 28.6 Å². The topological polar surface area (TPSA) is 98.5 Å². The Morgan fingerprint density at radius 2 is 1.57 bits per heavy atom. The molecule has 0 spiro atoms. The molecule has 0 bridgehead atoms. The van der Waals surface area contributed by atoms with E-state index < -0.39 is 27.9 Å². The van der Waals surface area contributed by atoms with Crippen LogP contribution >= 0.6 is 0 Å². The number of fused-ring (bicyclic) bond motifs is 1. The van der Waals surface area contributed by atoms with Crippen molar-refractivity contribution in [3.8, 4) is 6.07 Å². The molecule has 7 nitrogen and oxygen atoms in total. The summed E-state index contributed by atoms with van der Waals surface area (Å²) in [6.07, 6.45) is 3.88. The third-order valence-electron chi connectivity index (χ3n) is 6.92. The van der Waals surface area contributed by atoms with Crippen LogP contribution in [-0.4, -0.2) is 36.6 Å². The van der Waals surface area contributed by atoms with E-state index in [0.29, 0.717) is 24.1 Å². The maximum absolute atomic E-state index is 14.0. The van der Waals surface area contributed by atoms with E-state index in [0.717, 1.165) is 34.9 Å². The van der Waals surface area contributed by atoms with Gasteiger partial charge in [-0.2, -0.15) is 9.57 Å². The zero-order valence-electron chi connectivity index (χ0n) is 19.1. The first kappa shape index (κ1) is 23.2. The van der Waals surface area contributed by atoms with Crippen LogP contribution in [-0.2, 0) is 19.6 Å². The lowest BCUT2D eigenvalue weighted by molar-refractivity contribution is -0.122.